The fraction of sp³-hybridized carbons (Fsp3) is 0.235. The molecule has 0 unspecified atom stereocenters. The molecule has 0 spiro atoms. The number of amides is 1. The van der Waals surface area contributed by atoms with Crippen molar-refractivity contribution >= 4 is 21.6 Å². The van der Waals surface area contributed by atoms with Gasteiger partial charge >= 0.3 is 0 Å². The van der Waals surface area contributed by atoms with Crippen molar-refractivity contribution in [3.8, 4) is 0 Å². The number of benzene rings is 2. The van der Waals surface area contributed by atoms with Gasteiger partial charge in [-0.2, -0.15) is 0 Å². The van der Waals surface area contributed by atoms with Gasteiger partial charge in [0.2, 0.25) is 10.0 Å². The molecule has 134 valence electrons. The highest BCUT2D eigenvalue weighted by Crippen LogP contribution is 2.17. The zero-order valence-corrected chi connectivity index (χ0v) is 14.6. The lowest BCUT2D eigenvalue weighted by atomic mass is 10.2. The number of carbonyl (C=O) groups is 1. The highest BCUT2D eigenvalue weighted by Gasteiger charge is 2.17. The molecule has 25 heavy (non-hydrogen) atoms. The van der Waals surface area contributed by atoms with Gasteiger partial charge in [-0.1, -0.05) is 17.7 Å². The summed E-state index contributed by atoms with van der Waals surface area (Å²) in [5.41, 5.74) is 1.43. The minimum Gasteiger partial charge on any atom is -0.350 e. The third kappa shape index (κ3) is 4.99. The van der Waals surface area contributed by atoms with Crippen molar-refractivity contribution in [2.24, 2.45) is 0 Å². The maximum Gasteiger partial charge on any atom is 0.251 e. The van der Waals surface area contributed by atoms with E-state index >= 15 is 0 Å². The molecule has 0 saturated carbocycles. The molecule has 1 N–H and O–H groups in total. The van der Waals surface area contributed by atoms with E-state index in [1.807, 2.05) is 6.92 Å². The van der Waals surface area contributed by atoms with E-state index in [9.17, 15) is 22.0 Å². The second-order valence-corrected chi connectivity index (χ2v) is 7.46. The number of hydrogen-bond acceptors (Lipinski definition) is 3. The van der Waals surface area contributed by atoms with E-state index in [-0.39, 0.29) is 18.7 Å². The van der Waals surface area contributed by atoms with Gasteiger partial charge < -0.3 is 5.32 Å². The van der Waals surface area contributed by atoms with Crippen LogP contribution in [0.5, 0.6) is 0 Å². The number of carbonyl (C=O) groups excluding carboxylic acids is 1. The van der Waals surface area contributed by atoms with Crippen LogP contribution < -0.4 is 9.62 Å². The Kier molecular flexibility index (Phi) is 5.73. The molecule has 2 aromatic carbocycles. The number of anilines is 1. The lowest BCUT2D eigenvalue weighted by Crippen LogP contribution is -2.38. The average Bonchev–Trinajstić information content (AvgIpc) is 2.54. The van der Waals surface area contributed by atoms with Crippen molar-refractivity contribution in [3.05, 3.63) is 65.2 Å². The van der Waals surface area contributed by atoms with Gasteiger partial charge in [-0.3, -0.25) is 9.10 Å². The van der Waals surface area contributed by atoms with Crippen molar-refractivity contribution in [2.45, 2.75) is 6.92 Å². The average molecular weight is 368 g/mol. The zero-order chi connectivity index (χ0) is 18.6. The van der Waals surface area contributed by atoms with Crippen LogP contribution in [0, 0.1) is 18.6 Å². The second-order valence-electron chi connectivity index (χ2n) is 5.56. The Morgan fingerprint density at radius 3 is 2.28 bits per heavy atom. The van der Waals surface area contributed by atoms with Gasteiger partial charge in [-0.25, -0.2) is 17.2 Å². The van der Waals surface area contributed by atoms with Crippen molar-refractivity contribution in [1.82, 2.24) is 5.32 Å². The molecular formula is C17H18F2N2O3S. The molecule has 0 saturated heterocycles. The summed E-state index contributed by atoms with van der Waals surface area (Å²) in [6.07, 6.45) is 1.07. The fourth-order valence-corrected chi connectivity index (χ4v) is 3.14. The van der Waals surface area contributed by atoms with Crippen molar-refractivity contribution in [2.75, 3.05) is 23.7 Å². The summed E-state index contributed by atoms with van der Waals surface area (Å²) in [5.74, 6) is -2.78. The number of sulfonamides is 1. The predicted octanol–water partition coefficient (Wildman–Crippen LogP) is 2.47. The van der Waals surface area contributed by atoms with Gasteiger partial charge in [0.1, 0.15) is 0 Å². The summed E-state index contributed by atoms with van der Waals surface area (Å²) >= 11 is 0. The molecule has 0 aliphatic heterocycles. The van der Waals surface area contributed by atoms with Crippen LogP contribution >= 0.6 is 0 Å². The van der Waals surface area contributed by atoms with Crippen LogP contribution in [0.25, 0.3) is 0 Å². The van der Waals surface area contributed by atoms with E-state index < -0.39 is 27.6 Å². The van der Waals surface area contributed by atoms with Gasteiger partial charge in [0.25, 0.3) is 5.91 Å². The summed E-state index contributed by atoms with van der Waals surface area (Å²) in [5, 5.41) is 2.50. The van der Waals surface area contributed by atoms with Gasteiger partial charge in [-0.15, -0.1) is 0 Å². The van der Waals surface area contributed by atoms with Crippen molar-refractivity contribution < 1.29 is 22.0 Å². The van der Waals surface area contributed by atoms with Crippen LogP contribution in [0.15, 0.2) is 42.5 Å². The van der Waals surface area contributed by atoms with Gasteiger partial charge in [0.05, 0.1) is 18.5 Å². The Bertz CT molecular complexity index is 868. The number of aryl methyl sites for hydroxylation is 1. The predicted molar refractivity (Wildman–Crippen MR) is 92.1 cm³/mol. The van der Waals surface area contributed by atoms with E-state index in [2.05, 4.69) is 5.32 Å². The zero-order valence-electron chi connectivity index (χ0n) is 13.8. The maximum atomic E-state index is 13.2. The first-order valence-electron chi connectivity index (χ1n) is 7.46. The lowest BCUT2D eigenvalue weighted by molar-refractivity contribution is 0.0954. The first kappa shape index (κ1) is 18.9. The van der Waals surface area contributed by atoms with Gasteiger partial charge in [-0.05, 0) is 37.3 Å². The first-order chi connectivity index (χ1) is 11.7. The molecule has 0 radical (unpaired) electrons. The number of hydrogen-bond donors (Lipinski definition) is 1. The third-order valence-corrected chi connectivity index (χ3v) is 4.70. The van der Waals surface area contributed by atoms with Crippen molar-refractivity contribution in [3.63, 3.8) is 0 Å². The van der Waals surface area contributed by atoms with E-state index in [0.29, 0.717) is 5.69 Å². The molecule has 0 bridgehead atoms. The summed E-state index contributed by atoms with van der Waals surface area (Å²) in [7, 11) is -3.53. The van der Waals surface area contributed by atoms with E-state index in [0.717, 1.165) is 34.3 Å². The second kappa shape index (κ2) is 7.60. The van der Waals surface area contributed by atoms with Crippen LogP contribution in [0.3, 0.4) is 0 Å². The third-order valence-electron chi connectivity index (χ3n) is 3.50. The molecule has 5 nitrogen and oxygen atoms in total. The van der Waals surface area contributed by atoms with E-state index in [1.54, 1.807) is 24.3 Å². The molecule has 2 aromatic rings. The summed E-state index contributed by atoms with van der Waals surface area (Å²) in [6, 6.07) is 9.72. The molecule has 0 fully saturated rings. The molecule has 8 heteroatoms. The molecule has 1 amide bonds. The van der Waals surface area contributed by atoms with Crippen LogP contribution in [0.4, 0.5) is 14.5 Å². The van der Waals surface area contributed by atoms with E-state index in [4.69, 9.17) is 0 Å². The first-order valence-corrected chi connectivity index (χ1v) is 9.31. The number of nitrogens with one attached hydrogen (secondary N) is 1. The Labute approximate surface area is 145 Å². The molecule has 2 rings (SSSR count). The Hall–Kier alpha value is -2.48. The topological polar surface area (TPSA) is 66.5 Å². The Balaban J connectivity index is 2.04. The molecule has 0 heterocycles. The largest absolute Gasteiger partial charge is 0.350 e. The standard InChI is InChI=1S/C17H18F2N2O3S/c1-12-3-6-14(7-4-12)21(25(2,23)24)10-9-20-17(22)13-5-8-15(18)16(19)11-13/h3-8,11H,9-10H2,1-2H3,(H,20,22). The van der Waals surface area contributed by atoms with Crippen LogP contribution in [0.1, 0.15) is 15.9 Å². The SMILES string of the molecule is Cc1ccc(N(CCNC(=O)c2ccc(F)c(F)c2)S(C)(=O)=O)cc1. The maximum absolute atomic E-state index is 13.2. The Morgan fingerprint density at radius 2 is 1.72 bits per heavy atom. The van der Waals surface area contributed by atoms with Gasteiger partial charge in [0, 0.05) is 12.1 Å². The van der Waals surface area contributed by atoms with Crippen molar-refractivity contribution in [1.29, 1.82) is 0 Å². The van der Waals surface area contributed by atoms with Gasteiger partial charge in [0.15, 0.2) is 11.6 Å². The Morgan fingerprint density at radius 1 is 1.08 bits per heavy atom. The summed E-state index contributed by atoms with van der Waals surface area (Å²) < 4.78 is 51.1. The molecule has 0 aliphatic rings. The van der Waals surface area contributed by atoms with Crippen LogP contribution in [0.2, 0.25) is 0 Å². The minimum atomic E-state index is -3.53. The normalized spacial score (nSPS) is 11.2. The lowest BCUT2D eigenvalue weighted by Gasteiger charge is -2.22. The smallest absolute Gasteiger partial charge is 0.251 e. The molecule has 0 aliphatic carbocycles. The van der Waals surface area contributed by atoms with E-state index in [1.165, 1.54) is 0 Å². The summed E-state index contributed by atoms with van der Waals surface area (Å²) in [6.45, 7) is 1.91. The molecule has 0 aromatic heterocycles. The highest BCUT2D eigenvalue weighted by atomic mass is 32.2. The molecular weight excluding hydrogens is 350 g/mol. The summed E-state index contributed by atoms with van der Waals surface area (Å²) in [4.78, 5) is 12.0. The highest BCUT2D eigenvalue weighted by molar-refractivity contribution is 7.92. The fourth-order valence-electron chi connectivity index (χ4n) is 2.21. The minimum absolute atomic E-state index is 0.0112. The quantitative estimate of drug-likeness (QED) is 0.852. The number of nitrogens with zero attached hydrogens (tertiary/aromatic N) is 1. The van der Waals surface area contributed by atoms with Crippen LogP contribution in [-0.2, 0) is 10.0 Å². The monoisotopic (exact) mass is 368 g/mol. The number of rotatable bonds is 6. The molecule has 0 atom stereocenters. The van der Waals surface area contributed by atoms with Crippen LogP contribution in [-0.4, -0.2) is 33.7 Å². The number of halogens is 2.